The van der Waals surface area contributed by atoms with Gasteiger partial charge in [-0.1, -0.05) is 111 Å². The number of rotatable bonds is 7. The number of aromatic nitrogens is 2. The lowest BCUT2D eigenvalue weighted by Crippen LogP contribution is -2.39. The van der Waals surface area contributed by atoms with Crippen molar-refractivity contribution >= 4 is 21.6 Å². The molecule has 0 radical (unpaired) electrons. The Hall–Kier alpha value is -4.89. The van der Waals surface area contributed by atoms with E-state index >= 15 is 4.21 Å². The highest BCUT2D eigenvalue weighted by Crippen LogP contribution is 2.44. The molecule has 2 heterocycles. The Bertz CT molecular complexity index is 2020. The smallest absolute Gasteiger partial charge is 0.331 e. The van der Waals surface area contributed by atoms with Crippen LogP contribution >= 0.6 is 0 Å². The van der Waals surface area contributed by atoms with Crippen molar-refractivity contribution in [2.75, 3.05) is 11.9 Å². The maximum Gasteiger partial charge on any atom is 0.331 e. The normalized spacial score (nSPS) is 17.2. The third kappa shape index (κ3) is 5.60. The van der Waals surface area contributed by atoms with Crippen molar-refractivity contribution in [3.05, 3.63) is 142 Å². The number of nitrogens with one attached hydrogen (secondary N) is 2. The van der Waals surface area contributed by atoms with Crippen LogP contribution < -0.4 is 14.8 Å². The summed E-state index contributed by atoms with van der Waals surface area (Å²) in [5.74, 6) is 0.359. The van der Waals surface area contributed by atoms with Crippen molar-refractivity contribution in [1.82, 2.24) is 14.5 Å². The van der Waals surface area contributed by atoms with E-state index in [0.29, 0.717) is 19.0 Å². The van der Waals surface area contributed by atoms with Gasteiger partial charge in [-0.2, -0.15) is 9.46 Å². The number of urea groups is 1. The fourth-order valence-corrected chi connectivity index (χ4v) is 9.62. The first-order valence-electron chi connectivity index (χ1n) is 17.1. The summed E-state index contributed by atoms with van der Waals surface area (Å²) in [6, 6.07) is 31.3. The molecule has 2 aliphatic carbocycles. The molecule has 2 N–H and O–H groups in total. The molecule has 1 unspecified atom stereocenters. The third-order valence-electron chi connectivity index (χ3n) is 10.0. The zero-order valence-corrected chi connectivity index (χ0v) is 28.8. The Kier molecular flexibility index (Phi) is 7.82. The summed E-state index contributed by atoms with van der Waals surface area (Å²) >= 11 is 0. The van der Waals surface area contributed by atoms with Crippen molar-refractivity contribution in [3.63, 3.8) is 0 Å². The lowest BCUT2D eigenvalue weighted by atomic mass is 9.78. The Labute approximate surface area is 288 Å². The molecule has 250 valence electrons. The molecule has 0 saturated carbocycles. The van der Waals surface area contributed by atoms with Crippen LogP contribution in [0.1, 0.15) is 65.6 Å². The number of carbonyl (C=O) groups is 1. The first-order chi connectivity index (χ1) is 23.8. The van der Waals surface area contributed by atoms with E-state index in [1.54, 1.807) is 10.9 Å². The number of amides is 2. The van der Waals surface area contributed by atoms with Crippen LogP contribution in [0.3, 0.4) is 0 Å². The van der Waals surface area contributed by atoms with Crippen molar-refractivity contribution in [3.8, 4) is 5.88 Å². The molecule has 5 aromatic rings. The average Bonchev–Trinajstić information content (AvgIpc) is 3.88. The Morgan fingerprint density at radius 3 is 1.90 bits per heavy atom. The van der Waals surface area contributed by atoms with Gasteiger partial charge in [-0.25, -0.2) is 18.4 Å². The quantitative estimate of drug-likeness (QED) is 0.172. The van der Waals surface area contributed by atoms with Crippen molar-refractivity contribution in [2.24, 2.45) is 9.78 Å². The molecule has 0 bridgehead atoms. The second-order valence-corrected chi connectivity index (χ2v) is 16.0. The molecule has 0 spiro atoms. The number of anilines is 1. The van der Waals surface area contributed by atoms with Gasteiger partial charge < -0.3 is 10.1 Å². The molecule has 0 saturated heterocycles. The second-order valence-electron chi connectivity index (χ2n) is 14.1. The molecule has 8 rings (SSSR count). The highest BCUT2D eigenvalue weighted by atomic mass is 32.2. The summed E-state index contributed by atoms with van der Waals surface area (Å²) in [6.07, 6.45) is 7.51. The molecule has 1 aliphatic heterocycles. The zero-order chi connectivity index (χ0) is 33.6. The van der Waals surface area contributed by atoms with Crippen LogP contribution in [-0.4, -0.2) is 26.6 Å². The number of fused-ring (bicyclic) bond motifs is 3. The van der Waals surface area contributed by atoms with Gasteiger partial charge in [0.2, 0.25) is 5.88 Å². The van der Waals surface area contributed by atoms with Gasteiger partial charge in [0.15, 0.2) is 9.92 Å². The van der Waals surface area contributed by atoms with Gasteiger partial charge in [-0.05, 0) is 77.5 Å². The molecule has 9 heteroatoms. The minimum Gasteiger partial charge on any atom is -0.476 e. The molecule has 49 heavy (non-hydrogen) atoms. The molecular formula is C40H41N5O3S. The van der Waals surface area contributed by atoms with Gasteiger partial charge in [0.1, 0.15) is 10.4 Å². The van der Waals surface area contributed by atoms with E-state index in [2.05, 4.69) is 35.1 Å². The summed E-state index contributed by atoms with van der Waals surface area (Å²) < 4.78 is 32.4. The molecule has 0 fully saturated rings. The Morgan fingerprint density at radius 2 is 1.37 bits per heavy atom. The molecule has 2 amide bonds. The van der Waals surface area contributed by atoms with Crippen LogP contribution in [0.15, 0.2) is 113 Å². The lowest BCUT2D eigenvalue weighted by Gasteiger charge is -2.34. The van der Waals surface area contributed by atoms with E-state index in [9.17, 15) is 4.79 Å². The highest BCUT2D eigenvalue weighted by Gasteiger charge is 2.41. The number of benzene rings is 4. The number of nitrogens with zero attached hydrogens (tertiary/aromatic N) is 3. The topological polar surface area (TPSA) is 97.6 Å². The molecule has 3 aliphatic rings. The van der Waals surface area contributed by atoms with Crippen LogP contribution in [0, 0.1) is 5.41 Å². The highest BCUT2D eigenvalue weighted by molar-refractivity contribution is 7.92. The minimum atomic E-state index is -3.80. The summed E-state index contributed by atoms with van der Waals surface area (Å²) in [6.45, 7) is 5.20. The van der Waals surface area contributed by atoms with Crippen LogP contribution in [0.5, 0.6) is 5.88 Å². The van der Waals surface area contributed by atoms with Gasteiger partial charge >= 0.3 is 6.03 Å². The van der Waals surface area contributed by atoms with Crippen molar-refractivity contribution in [1.29, 1.82) is 0 Å². The molecular weight excluding hydrogens is 631 g/mol. The van der Waals surface area contributed by atoms with Gasteiger partial charge in [-0.3, -0.25) is 0 Å². The predicted octanol–water partition coefficient (Wildman–Crippen LogP) is 7.83. The van der Waals surface area contributed by atoms with Gasteiger partial charge in [0.05, 0.1) is 19.3 Å². The largest absolute Gasteiger partial charge is 0.476 e. The second kappa shape index (κ2) is 12.2. The molecule has 1 atom stereocenters. The van der Waals surface area contributed by atoms with Crippen molar-refractivity contribution < 1.29 is 13.7 Å². The van der Waals surface area contributed by atoms with Crippen molar-refractivity contribution in [2.45, 2.75) is 69.4 Å². The van der Waals surface area contributed by atoms with E-state index in [4.69, 9.17) is 9.10 Å². The van der Waals surface area contributed by atoms with E-state index in [0.717, 1.165) is 60.9 Å². The Morgan fingerprint density at radius 1 is 0.837 bits per heavy atom. The fraction of sp³-hybridized carbons (Fsp3) is 0.300. The molecule has 8 nitrogen and oxygen atoms in total. The zero-order valence-electron chi connectivity index (χ0n) is 27.9. The van der Waals surface area contributed by atoms with E-state index in [1.807, 2.05) is 91.0 Å². The molecule has 1 aromatic heterocycles. The van der Waals surface area contributed by atoms with E-state index in [-0.39, 0.29) is 10.3 Å². The first-order valence-corrected chi connectivity index (χ1v) is 18.7. The number of hydrogen-bond acceptors (Lipinski definition) is 5. The van der Waals surface area contributed by atoms with Gasteiger partial charge in [-0.15, -0.1) is 0 Å². The standard InChI is InChI=1S/C40H41N5O3S/c1-39(2)26-45-37(48-27-39)35(25-41-45)49(47,43-38(46)42-36-33-22-12-14-28(33)24-29-15-13-23-34(29)36)44-40(30-16-6-3-7-17-30,31-18-8-4-9-19-31)32-20-10-5-11-21-32/h3-11,16-21,24-25H,12-15,22-23,26-27H2,1-2H3,(H2,42,43,44,46,47). The molecule has 4 aromatic carbocycles. The Balaban J connectivity index is 1.35. The number of ether oxygens (including phenoxy) is 1. The minimum absolute atomic E-state index is 0.172. The van der Waals surface area contributed by atoms with Crippen LogP contribution in [0.2, 0.25) is 0 Å². The first kappa shape index (κ1) is 31.4. The summed E-state index contributed by atoms with van der Waals surface area (Å²) in [7, 11) is -3.80. The monoisotopic (exact) mass is 671 g/mol. The van der Waals surface area contributed by atoms with Crippen LogP contribution in [0.25, 0.3) is 0 Å². The maximum atomic E-state index is 16.0. The maximum absolute atomic E-state index is 16.0. The summed E-state index contributed by atoms with van der Waals surface area (Å²) in [5.41, 5.74) is 6.86. The number of aryl methyl sites for hydroxylation is 2. The number of hydrogen-bond donors (Lipinski definition) is 2. The predicted molar refractivity (Wildman–Crippen MR) is 192 cm³/mol. The van der Waals surface area contributed by atoms with Crippen LogP contribution in [0.4, 0.5) is 10.5 Å². The van der Waals surface area contributed by atoms with Gasteiger partial charge in [0, 0.05) is 11.1 Å². The van der Waals surface area contributed by atoms with Crippen LogP contribution in [-0.2, 0) is 47.7 Å². The average molecular weight is 672 g/mol. The van der Waals surface area contributed by atoms with E-state index < -0.39 is 21.5 Å². The SMILES string of the molecule is CC1(C)COc2c(S(=O)(=NC(c3ccccc3)(c3ccccc3)c3ccccc3)NC(=O)Nc3c4c(cc5c3CCC5)CCC4)cnn2C1. The lowest BCUT2D eigenvalue weighted by molar-refractivity contribution is 0.0971. The van der Waals surface area contributed by atoms with Gasteiger partial charge in [0.25, 0.3) is 0 Å². The third-order valence-corrected chi connectivity index (χ3v) is 11.9. The fourth-order valence-electron chi connectivity index (χ4n) is 7.77. The number of carbonyl (C=O) groups excluding carboxylic acids is 1. The summed E-state index contributed by atoms with van der Waals surface area (Å²) in [5, 5.41) is 7.83. The summed E-state index contributed by atoms with van der Waals surface area (Å²) in [4.78, 5) is 14.6. The van der Waals surface area contributed by atoms with E-state index in [1.165, 1.54) is 22.3 Å².